The third kappa shape index (κ3) is 82.1. The van der Waals surface area contributed by atoms with E-state index >= 15 is 0 Å². The second-order valence-electron chi connectivity index (χ2n) is 29.8. The molecule has 10 heteroatoms. The first kappa shape index (κ1) is 95.2. The molecule has 1 N–H and O–H groups in total. The molecular formula is C88H163NO8P+. The Hall–Kier alpha value is -2.81. The molecule has 2 unspecified atom stereocenters. The summed E-state index contributed by atoms with van der Waals surface area (Å²) in [6, 6.07) is 0. The maximum Gasteiger partial charge on any atom is 0.472 e. The predicted octanol–water partition coefficient (Wildman–Crippen LogP) is 28.4. The number of hydrogen-bond donors (Lipinski definition) is 1. The highest BCUT2D eigenvalue weighted by Crippen LogP contribution is 2.43. The molecular weight excluding hydrogens is 1230 g/mol. The van der Waals surface area contributed by atoms with Gasteiger partial charge in [-0.25, -0.2) is 4.57 Å². The fourth-order valence-corrected chi connectivity index (χ4v) is 13.2. The molecule has 9 nitrogen and oxygen atoms in total. The van der Waals surface area contributed by atoms with E-state index in [9.17, 15) is 19.0 Å². The number of allylic oxidation sites excluding steroid dienone is 14. The summed E-state index contributed by atoms with van der Waals surface area (Å²) in [6.45, 7) is 4.38. The van der Waals surface area contributed by atoms with Crippen molar-refractivity contribution in [2.24, 2.45) is 0 Å². The second-order valence-corrected chi connectivity index (χ2v) is 31.3. The Labute approximate surface area is 609 Å². The van der Waals surface area contributed by atoms with Gasteiger partial charge in [0.25, 0.3) is 0 Å². The second kappa shape index (κ2) is 78.3. The van der Waals surface area contributed by atoms with E-state index in [2.05, 4.69) is 98.9 Å². The molecule has 0 aromatic rings. The molecule has 0 spiro atoms. The first-order chi connectivity index (χ1) is 48.0. The van der Waals surface area contributed by atoms with Crippen LogP contribution in [0.5, 0.6) is 0 Å². The number of carbonyl (C=O) groups excluding carboxylic acids is 2. The van der Waals surface area contributed by atoms with Crippen molar-refractivity contribution in [3.8, 4) is 0 Å². The molecule has 0 saturated heterocycles. The number of hydrogen-bond acceptors (Lipinski definition) is 7. The Morgan fingerprint density at radius 2 is 0.582 bits per heavy atom. The Bertz CT molecular complexity index is 1930. The minimum absolute atomic E-state index is 0.0333. The van der Waals surface area contributed by atoms with Crippen LogP contribution in [0.3, 0.4) is 0 Å². The lowest BCUT2D eigenvalue weighted by atomic mass is 10.0. The fourth-order valence-electron chi connectivity index (χ4n) is 12.5. The number of ether oxygens (including phenoxy) is 2. The van der Waals surface area contributed by atoms with Crippen molar-refractivity contribution in [1.29, 1.82) is 0 Å². The summed E-state index contributed by atoms with van der Waals surface area (Å²) in [5.74, 6) is -0.775. The molecule has 2 atom stereocenters. The van der Waals surface area contributed by atoms with Gasteiger partial charge in [0.2, 0.25) is 0 Å². The highest BCUT2D eigenvalue weighted by atomic mass is 31.2. The van der Waals surface area contributed by atoms with Gasteiger partial charge in [-0.2, -0.15) is 0 Å². The molecule has 0 aromatic heterocycles. The van der Waals surface area contributed by atoms with Crippen LogP contribution < -0.4 is 0 Å². The molecule has 0 bridgehead atoms. The van der Waals surface area contributed by atoms with E-state index in [4.69, 9.17) is 18.5 Å². The number of phosphoric acid groups is 1. The molecule has 0 heterocycles. The number of likely N-dealkylation sites (N-methyl/N-ethyl adjacent to an activating group) is 1. The number of carbonyl (C=O) groups is 2. The molecule has 0 aliphatic rings. The number of phosphoric ester groups is 1. The zero-order valence-corrected chi connectivity index (χ0v) is 66.4. The van der Waals surface area contributed by atoms with Crippen LogP contribution >= 0.6 is 7.82 Å². The van der Waals surface area contributed by atoms with Gasteiger partial charge in [0.1, 0.15) is 19.8 Å². The summed E-state index contributed by atoms with van der Waals surface area (Å²) in [4.78, 5) is 36.0. The van der Waals surface area contributed by atoms with Crippen molar-refractivity contribution in [3.05, 3.63) is 85.1 Å². The molecule has 0 rings (SSSR count). The highest BCUT2D eigenvalue weighted by Gasteiger charge is 2.27. The van der Waals surface area contributed by atoms with Crippen LogP contribution in [-0.4, -0.2) is 74.9 Å². The Balaban J connectivity index is 3.89. The molecule has 0 radical (unpaired) electrons. The lowest BCUT2D eigenvalue weighted by Crippen LogP contribution is -2.37. The van der Waals surface area contributed by atoms with Crippen molar-refractivity contribution in [2.45, 2.75) is 418 Å². The Morgan fingerprint density at radius 3 is 0.867 bits per heavy atom. The number of rotatable bonds is 79. The smallest absolute Gasteiger partial charge is 0.462 e. The van der Waals surface area contributed by atoms with Gasteiger partial charge in [0.15, 0.2) is 6.10 Å². The lowest BCUT2D eigenvalue weighted by molar-refractivity contribution is -0.870. The number of quaternary nitrogens is 1. The van der Waals surface area contributed by atoms with Gasteiger partial charge >= 0.3 is 19.8 Å². The van der Waals surface area contributed by atoms with Gasteiger partial charge in [-0.3, -0.25) is 18.6 Å². The van der Waals surface area contributed by atoms with Crippen molar-refractivity contribution in [2.75, 3.05) is 47.5 Å². The minimum Gasteiger partial charge on any atom is -0.462 e. The average Bonchev–Trinajstić information content (AvgIpc) is 1.08. The monoisotopic (exact) mass is 1390 g/mol. The standard InChI is InChI=1S/C88H162NO8P/c1-6-8-10-12-14-16-18-20-22-24-26-28-30-32-34-36-38-40-42-44-46-48-50-52-54-56-58-60-62-64-66-68-70-72-74-76-78-80-87(90)94-84-86(85-96-98(92,93)95-83-82-89(3,4)5)97-88(91)81-79-77-75-73-71-69-67-65-63-61-59-57-55-53-51-49-47-45-43-41-39-37-35-33-31-29-27-25-23-21-19-17-15-13-11-9-7-2/h9,11,15,17-18,20-21,23-24,26-27,29-30,32,86H,6-8,10,12-14,16,19,22,25,28,31,33-85H2,1-5H3/p+1/b11-9-,17-15-,20-18-,23-21-,26-24-,29-27-,32-30-. The average molecular weight is 1390 g/mol. The molecule has 0 fully saturated rings. The van der Waals surface area contributed by atoms with Crippen LogP contribution in [0.4, 0.5) is 0 Å². The Kier molecular flexibility index (Phi) is 76.1. The quantitative estimate of drug-likeness (QED) is 0.0211. The van der Waals surface area contributed by atoms with Gasteiger partial charge in [0.05, 0.1) is 27.7 Å². The van der Waals surface area contributed by atoms with E-state index in [1.807, 2.05) is 21.1 Å². The molecule has 0 amide bonds. The summed E-state index contributed by atoms with van der Waals surface area (Å²) >= 11 is 0. The first-order valence-electron chi connectivity index (χ1n) is 42.3. The summed E-state index contributed by atoms with van der Waals surface area (Å²) in [5.41, 5.74) is 0. The van der Waals surface area contributed by atoms with Crippen LogP contribution in [0.1, 0.15) is 412 Å². The van der Waals surface area contributed by atoms with Crippen molar-refractivity contribution in [3.63, 3.8) is 0 Å². The van der Waals surface area contributed by atoms with Crippen LogP contribution in [0, 0.1) is 0 Å². The third-order valence-corrected chi connectivity index (χ3v) is 19.9. The van der Waals surface area contributed by atoms with Crippen molar-refractivity contribution < 1.29 is 42.1 Å². The predicted molar refractivity (Wildman–Crippen MR) is 427 cm³/mol. The third-order valence-electron chi connectivity index (χ3n) is 18.9. The maximum atomic E-state index is 12.9. The van der Waals surface area contributed by atoms with E-state index in [1.54, 1.807) is 0 Å². The zero-order chi connectivity index (χ0) is 71.1. The number of unbranched alkanes of at least 4 members (excludes halogenated alkanes) is 51. The summed E-state index contributed by atoms with van der Waals surface area (Å²) in [7, 11) is 1.50. The van der Waals surface area contributed by atoms with Crippen LogP contribution in [-0.2, 0) is 32.7 Å². The van der Waals surface area contributed by atoms with Crippen molar-refractivity contribution >= 4 is 19.8 Å². The van der Waals surface area contributed by atoms with Crippen LogP contribution in [0.2, 0.25) is 0 Å². The fraction of sp³-hybridized carbons (Fsp3) is 0.818. The zero-order valence-electron chi connectivity index (χ0n) is 65.5. The van der Waals surface area contributed by atoms with Crippen molar-refractivity contribution in [1.82, 2.24) is 0 Å². The largest absolute Gasteiger partial charge is 0.472 e. The topological polar surface area (TPSA) is 108 Å². The number of esters is 2. The Morgan fingerprint density at radius 1 is 0.327 bits per heavy atom. The van der Waals surface area contributed by atoms with Gasteiger partial charge in [-0.05, 0) is 89.9 Å². The lowest BCUT2D eigenvalue weighted by Gasteiger charge is -2.24. The van der Waals surface area contributed by atoms with Crippen LogP contribution in [0.25, 0.3) is 0 Å². The SMILES string of the molecule is CC/C=C\C/C=C\C/C=C\C/C=C\CCCCCCCCCCCCCCCCCCCCCCCCCCC(=O)OC(COC(=O)CCCCCCCCCCCCCCCCCCCCCCCC/C=C\C/C=C\C/C=C\CCCCCCC)COP(=O)(O)OCC[N+](C)(C)C. The molecule has 0 aliphatic heterocycles. The maximum absolute atomic E-state index is 12.9. The van der Waals surface area contributed by atoms with E-state index < -0.39 is 26.5 Å². The molecule has 0 aromatic carbocycles. The van der Waals surface area contributed by atoms with Gasteiger partial charge in [0, 0.05) is 12.8 Å². The molecule has 0 aliphatic carbocycles. The first-order valence-corrected chi connectivity index (χ1v) is 43.8. The van der Waals surface area contributed by atoms with Crippen LogP contribution in [0.15, 0.2) is 85.1 Å². The van der Waals surface area contributed by atoms with E-state index in [0.717, 1.165) is 70.6 Å². The minimum atomic E-state index is -4.40. The summed E-state index contributed by atoms with van der Waals surface area (Å²) < 4.78 is 34.9. The molecule has 572 valence electrons. The van der Waals surface area contributed by atoms with E-state index in [-0.39, 0.29) is 25.6 Å². The summed E-state index contributed by atoms with van der Waals surface area (Å²) in [6.07, 6.45) is 109. The highest BCUT2D eigenvalue weighted by molar-refractivity contribution is 7.47. The van der Waals surface area contributed by atoms with Gasteiger partial charge in [-0.15, -0.1) is 0 Å². The van der Waals surface area contributed by atoms with E-state index in [1.165, 1.54) is 308 Å². The molecule has 0 saturated carbocycles. The number of nitrogens with zero attached hydrogens (tertiary/aromatic N) is 1. The van der Waals surface area contributed by atoms with Gasteiger partial charge < -0.3 is 18.9 Å². The summed E-state index contributed by atoms with van der Waals surface area (Å²) in [5, 5.41) is 0. The van der Waals surface area contributed by atoms with Gasteiger partial charge in [-0.1, -0.05) is 394 Å². The van der Waals surface area contributed by atoms with E-state index in [0.29, 0.717) is 23.9 Å². The normalized spacial score (nSPS) is 13.4. The molecule has 98 heavy (non-hydrogen) atoms.